The van der Waals surface area contributed by atoms with E-state index in [1.54, 1.807) is 25.4 Å². The van der Waals surface area contributed by atoms with E-state index in [0.29, 0.717) is 17.9 Å². The van der Waals surface area contributed by atoms with Gasteiger partial charge in [0.05, 0.1) is 0 Å². The summed E-state index contributed by atoms with van der Waals surface area (Å²) in [6, 6.07) is 5.64. The Morgan fingerprint density at radius 3 is 2.85 bits per heavy atom. The third kappa shape index (κ3) is 3.32. The first kappa shape index (κ1) is 14.0. The fourth-order valence-corrected chi connectivity index (χ4v) is 2.11. The fraction of sp³-hybridized carbons (Fsp3) is 0.267. The largest absolute Gasteiger partial charge is 0.478 e. The van der Waals surface area contributed by atoms with Crippen molar-refractivity contribution in [3.63, 3.8) is 0 Å². The average molecular weight is 271 g/mol. The second-order valence-corrected chi connectivity index (χ2v) is 4.65. The molecule has 0 fully saturated rings. The predicted octanol–water partition coefficient (Wildman–Crippen LogP) is 2.45. The maximum Gasteiger partial charge on any atom is 0.339 e. The number of carboxylic acid groups (broad SMARTS) is 1. The van der Waals surface area contributed by atoms with Crippen LogP contribution >= 0.6 is 0 Å². The second-order valence-electron chi connectivity index (χ2n) is 4.65. The first-order valence-electron chi connectivity index (χ1n) is 6.42. The summed E-state index contributed by atoms with van der Waals surface area (Å²) in [5, 5.41) is 12.4. The van der Waals surface area contributed by atoms with Gasteiger partial charge in [-0.3, -0.25) is 4.98 Å². The zero-order valence-electron chi connectivity index (χ0n) is 11.6. The number of aromatic carboxylic acids is 1. The Bertz CT molecular complexity index is 612. The summed E-state index contributed by atoms with van der Waals surface area (Å²) in [5.74, 6) is -0.530. The number of carboxylic acids is 1. The van der Waals surface area contributed by atoms with Gasteiger partial charge >= 0.3 is 5.97 Å². The quantitative estimate of drug-likeness (QED) is 0.873. The van der Waals surface area contributed by atoms with E-state index in [4.69, 9.17) is 0 Å². The second kappa shape index (κ2) is 6.14. The molecular formula is C15H17N3O2. The highest BCUT2D eigenvalue weighted by Crippen LogP contribution is 2.18. The molecule has 2 aromatic heterocycles. The van der Waals surface area contributed by atoms with Gasteiger partial charge in [-0.1, -0.05) is 6.07 Å². The molecule has 0 aliphatic carbocycles. The van der Waals surface area contributed by atoms with Crippen LogP contribution in [0.3, 0.4) is 0 Å². The van der Waals surface area contributed by atoms with Crippen LogP contribution in [0.25, 0.3) is 0 Å². The van der Waals surface area contributed by atoms with Crippen LogP contribution in [0.2, 0.25) is 0 Å². The summed E-state index contributed by atoms with van der Waals surface area (Å²) in [7, 11) is 0. The Hall–Kier alpha value is -2.43. The molecule has 5 heteroatoms. The standard InChI is InChI=1S/C15H17N3O2/c1-10-8-11(2)18-14(13(10)15(19)20)17-7-5-12-4-3-6-16-9-12/h3-4,6,8-9H,5,7H2,1-2H3,(H,17,18)(H,19,20). The highest BCUT2D eigenvalue weighted by Gasteiger charge is 2.15. The van der Waals surface area contributed by atoms with Gasteiger partial charge in [-0.15, -0.1) is 0 Å². The normalized spacial score (nSPS) is 10.3. The van der Waals surface area contributed by atoms with E-state index in [-0.39, 0.29) is 5.56 Å². The van der Waals surface area contributed by atoms with Gasteiger partial charge in [0.25, 0.3) is 0 Å². The smallest absolute Gasteiger partial charge is 0.339 e. The lowest BCUT2D eigenvalue weighted by molar-refractivity contribution is 0.0697. The first-order chi connectivity index (χ1) is 9.58. The molecule has 0 aromatic carbocycles. The fourth-order valence-electron chi connectivity index (χ4n) is 2.11. The molecule has 0 aliphatic rings. The highest BCUT2D eigenvalue weighted by atomic mass is 16.4. The van der Waals surface area contributed by atoms with E-state index in [1.807, 2.05) is 19.1 Å². The molecular weight excluding hydrogens is 254 g/mol. The molecule has 0 saturated heterocycles. The van der Waals surface area contributed by atoms with Crippen molar-refractivity contribution in [3.8, 4) is 0 Å². The lowest BCUT2D eigenvalue weighted by Gasteiger charge is -2.11. The minimum Gasteiger partial charge on any atom is -0.478 e. The third-order valence-corrected chi connectivity index (χ3v) is 2.99. The van der Waals surface area contributed by atoms with Gasteiger partial charge in [-0.2, -0.15) is 0 Å². The van der Waals surface area contributed by atoms with Crippen LogP contribution in [-0.2, 0) is 6.42 Å². The topological polar surface area (TPSA) is 75.1 Å². The van der Waals surface area contributed by atoms with Gasteiger partial charge in [0.15, 0.2) is 0 Å². The molecule has 0 radical (unpaired) electrons. The number of carbonyl (C=O) groups is 1. The van der Waals surface area contributed by atoms with Gasteiger partial charge in [-0.05, 0) is 43.5 Å². The molecule has 0 unspecified atom stereocenters. The SMILES string of the molecule is Cc1cc(C)c(C(=O)O)c(NCCc2cccnc2)n1. The van der Waals surface area contributed by atoms with Crippen LogP contribution in [0.4, 0.5) is 5.82 Å². The van der Waals surface area contributed by atoms with Crippen molar-refractivity contribution in [3.05, 3.63) is 53.0 Å². The Kier molecular flexibility index (Phi) is 4.30. The van der Waals surface area contributed by atoms with Crippen LogP contribution < -0.4 is 5.32 Å². The minimum atomic E-state index is -0.959. The number of nitrogens with one attached hydrogen (secondary N) is 1. The van der Waals surface area contributed by atoms with E-state index in [0.717, 1.165) is 17.7 Å². The number of nitrogens with zero attached hydrogens (tertiary/aromatic N) is 2. The van der Waals surface area contributed by atoms with Gasteiger partial charge in [0.2, 0.25) is 0 Å². The van der Waals surface area contributed by atoms with E-state index < -0.39 is 5.97 Å². The maximum absolute atomic E-state index is 11.3. The third-order valence-electron chi connectivity index (χ3n) is 2.99. The number of hydrogen-bond donors (Lipinski definition) is 2. The lowest BCUT2D eigenvalue weighted by atomic mass is 10.1. The summed E-state index contributed by atoms with van der Waals surface area (Å²) in [4.78, 5) is 19.6. The van der Waals surface area contributed by atoms with E-state index in [1.165, 1.54) is 0 Å². The van der Waals surface area contributed by atoms with E-state index >= 15 is 0 Å². The molecule has 104 valence electrons. The minimum absolute atomic E-state index is 0.238. The molecule has 2 aromatic rings. The molecule has 2 N–H and O–H groups in total. The van der Waals surface area contributed by atoms with Crippen LogP contribution in [0, 0.1) is 13.8 Å². The first-order valence-corrected chi connectivity index (χ1v) is 6.42. The van der Waals surface area contributed by atoms with Gasteiger partial charge in [0.1, 0.15) is 11.4 Å². The van der Waals surface area contributed by atoms with E-state index in [9.17, 15) is 9.90 Å². The van der Waals surface area contributed by atoms with E-state index in [2.05, 4.69) is 15.3 Å². The lowest BCUT2D eigenvalue weighted by Crippen LogP contribution is -2.13. The van der Waals surface area contributed by atoms with Gasteiger partial charge in [0, 0.05) is 24.6 Å². The summed E-state index contributed by atoms with van der Waals surface area (Å²) in [6.45, 7) is 4.25. The van der Waals surface area contributed by atoms with Crippen LogP contribution in [0.1, 0.15) is 27.2 Å². The number of aryl methyl sites for hydroxylation is 2. The number of pyridine rings is 2. The summed E-state index contributed by atoms with van der Waals surface area (Å²) < 4.78 is 0. The molecule has 0 bridgehead atoms. The zero-order valence-corrected chi connectivity index (χ0v) is 11.6. The molecule has 2 heterocycles. The molecule has 20 heavy (non-hydrogen) atoms. The molecule has 2 rings (SSSR count). The van der Waals surface area contributed by atoms with Crippen molar-refractivity contribution in [2.75, 3.05) is 11.9 Å². The molecule has 0 amide bonds. The Morgan fingerprint density at radius 2 is 2.20 bits per heavy atom. The molecule has 0 atom stereocenters. The summed E-state index contributed by atoms with van der Waals surface area (Å²) in [5.41, 5.74) is 2.85. The van der Waals surface area contributed by atoms with Gasteiger partial charge in [-0.25, -0.2) is 9.78 Å². The van der Waals surface area contributed by atoms with Gasteiger partial charge < -0.3 is 10.4 Å². The molecule has 0 spiro atoms. The number of anilines is 1. The van der Waals surface area contributed by atoms with Crippen molar-refractivity contribution in [1.29, 1.82) is 0 Å². The monoisotopic (exact) mass is 271 g/mol. The van der Waals surface area contributed by atoms with Crippen molar-refractivity contribution in [2.24, 2.45) is 0 Å². The summed E-state index contributed by atoms with van der Waals surface area (Å²) in [6.07, 6.45) is 4.29. The number of rotatable bonds is 5. The predicted molar refractivity (Wildman–Crippen MR) is 77.1 cm³/mol. The number of aromatic nitrogens is 2. The maximum atomic E-state index is 11.3. The molecule has 5 nitrogen and oxygen atoms in total. The molecule has 0 aliphatic heterocycles. The Balaban J connectivity index is 2.11. The highest BCUT2D eigenvalue weighted by molar-refractivity contribution is 5.94. The Morgan fingerprint density at radius 1 is 1.40 bits per heavy atom. The van der Waals surface area contributed by atoms with Crippen molar-refractivity contribution in [2.45, 2.75) is 20.3 Å². The van der Waals surface area contributed by atoms with Crippen LogP contribution in [0.5, 0.6) is 0 Å². The Labute approximate surface area is 117 Å². The van der Waals surface area contributed by atoms with Crippen LogP contribution in [0.15, 0.2) is 30.6 Å². The summed E-state index contributed by atoms with van der Waals surface area (Å²) >= 11 is 0. The van der Waals surface area contributed by atoms with Crippen molar-refractivity contribution < 1.29 is 9.90 Å². The van der Waals surface area contributed by atoms with Crippen LogP contribution in [-0.4, -0.2) is 27.6 Å². The average Bonchev–Trinajstić information content (AvgIpc) is 2.38. The molecule has 0 saturated carbocycles. The zero-order chi connectivity index (χ0) is 14.5. The van der Waals surface area contributed by atoms with Crippen molar-refractivity contribution >= 4 is 11.8 Å². The number of hydrogen-bond acceptors (Lipinski definition) is 4. The van der Waals surface area contributed by atoms with Crippen molar-refractivity contribution in [1.82, 2.24) is 9.97 Å².